The standard InChI is InChI=1S/C13H26N3O6P/c1-4-5-10-22-13(18)16-8-6-15(7-9-16)12(17)11(14)23(19,20-2)21-3/h11H,4-10,14H2,1-3H3/t11-/m0/s1. The molecule has 1 saturated heterocycles. The average molecular weight is 351 g/mol. The van der Waals surface area contributed by atoms with E-state index in [9.17, 15) is 14.2 Å². The summed E-state index contributed by atoms with van der Waals surface area (Å²) in [6.07, 6.45) is 1.39. The fraction of sp³-hybridized carbons (Fsp3) is 0.846. The van der Waals surface area contributed by atoms with Crippen molar-refractivity contribution in [3.8, 4) is 0 Å². The highest BCUT2D eigenvalue weighted by molar-refractivity contribution is 7.55. The number of hydrogen-bond donors (Lipinski definition) is 1. The molecule has 0 aromatic rings. The van der Waals surface area contributed by atoms with Crippen molar-refractivity contribution in [3.63, 3.8) is 0 Å². The zero-order chi connectivity index (χ0) is 17.5. The van der Waals surface area contributed by atoms with E-state index < -0.39 is 19.3 Å². The molecule has 1 atom stereocenters. The Bertz CT molecular complexity index is 445. The molecule has 0 aromatic heterocycles. The van der Waals surface area contributed by atoms with Gasteiger partial charge in [-0.3, -0.25) is 9.36 Å². The largest absolute Gasteiger partial charge is 0.449 e. The third kappa shape index (κ3) is 5.17. The first kappa shape index (κ1) is 19.9. The summed E-state index contributed by atoms with van der Waals surface area (Å²) in [6.45, 7) is 3.68. The summed E-state index contributed by atoms with van der Waals surface area (Å²) in [4.78, 5) is 27.1. The summed E-state index contributed by atoms with van der Waals surface area (Å²) in [7, 11) is -1.30. The fourth-order valence-corrected chi connectivity index (χ4v) is 3.17. The number of nitrogens with two attached hydrogens (primary N) is 1. The molecule has 1 rings (SSSR count). The van der Waals surface area contributed by atoms with Crippen LogP contribution >= 0.6 is 7.60 Å². The van der Waals surface area contributed by atoms with Crippen molar-refractivity contribution in [3.05, 3.63) is 0 Å². The van der Waals surface area contributed by atoms with E-state index >= 15 is 0 Å². The highest BCUT2D eigenvalue weighted by Gasteiger charge is 2.40. The highest BCUT2D eigenvalue weighted by Crippen LogP contribution is 2.49. The number of carbonyl (C=O) groups excluding carboxylic acids is 2. The minimum atomic E-state index is -3.67. The Morgan fingerprint density at radius 2 is 1.65 bits per heavy atom. The van der Waals surface area contributed by atoms with Crippen molar-refractivity contribution in [1.82, 2.24) is 9.80 Å². The second kappa shape index (κ2) is 9.22. The quantitative estimate of drug-likeness (QED) is 0.534. The van der Waals surface area contributed by atoms with Crippen molar-refractivity contribution in [2.24, 2.45) is 5.73 Å². The summed E-state index contributed by atoms with van der Waals surface area (Å²) in [6, 6.07) is 0. The second-order valence-electron chi connectivity index (χ2n) is 5.13. The van der Waals surface area contributed by atoms with Crippen LogP contribution in [0.3, 0.4) is 0 Å². The first-order chi connectivity index (χ1) is 10.9. The maximum atomic E-state index is 12.3. The van der Waals surface area contributed by atoms with Crippen LogP contribution in [0.1, 0.15) is 19.8 Å². The van der Waals surface area contributed by atoms with Gasteiger partial charge in [-0.05, 0) is 6.42 Å². The normalized spacial score (nSPS) is 17.0. The number of rotatable bonds is 7. The fourth-order valence-electron chi connectivity index (χ4n) is 2.13. The molecule has 1 aliphatic heterocycles. The van der Waals surface area contributed by atoms with E-state index in [-0.39, 0.29) is 6.09 Å². The van der Waals surface area contributed by atoms with Crippen LogP contribution in [0.25, 0.3) is 0 Å². The third-order valence-electron chi connectivity index (χ3n) is 3.68. The average Bonchev–Trinajstić information content (AvgIpc) is 2.60. The maximum Gasteiger partial charge on any atom is 0.409 e. The highest BCUT2D eigenvalue weighted by atomic mass is 31.2. The molecule has 0 spiro atoms. The molecule has 2 N–H and O–H groups in total. The van der Waals surface area contributed by atoms with Gasteiger partial charge in [-0.2, -0.15) is 0 Å². The van der Waals surface area contributed by atoms with E-state index in [0.29, 0.717) is 32.8 Å². The zero-order valence-corrected chi connectivity index (χ0v) is 14.8. The van der Waals surface area contributed by atoms with Crippen LogP contribution in [0.15, 0.2) is 0 Å². The van der Waals surface area contributed by atoms with Crippen LogP contribution in [0, 0.1) is 0 Å². The molecule has 1 heterocycles. The van der Waals surface area contributed by atoms with Gasteiger partial charge >= 0.3 is 13.7 Å². The molecule has 1 aliphatic rings. The molecule has 10 heteroatoms. The van der Waals surface area contributed by atoms with E-state index in [4.69, 9.17) is 19.5 Å². The predicted molar refractivity (Wildman–Crippen MR) is 84.0 cm³/mol. The van der Waals surface area contributed by atoms with Crippen molar-refractivity contribution < 1.29 is 27.9 Å². The first-order valence-electron chi connectivity index (χ1n) is 7.56. The predicted octanol–water partition coefficient (Wildman–Crippen LogP) is 0.838. The van der Waals surface area contributed by atoms with Crippen LogP contribution < -0.4 is 5.73 Å². The lowest BCUT2D eigenvalue weighted by Gasteiger charge is -2.35. The van der Waals surface area contributed by atoms with Crippen LogP contribution in [0.5, 0.6) is 0 Å². The van der Waals surface area contributed by atoms with E-state index in [1.54, 1.807) is 0 Å². The molecule has 0 saturated carbocycles. The molecule has 0 unspecified atom stereocenters. The van der Waals surface area contributed by atoms with Gasteiger partial charge in [0.1, 0.15) is 0 Å². The van der Waals surface area contributed by atoms with E-state index in [1.807, 2.05) is 6.92 Å². The Balaban J connectivity index is 2.51. The van der Waals surface area contributed by atoms with Crippen molar-refractivity contribution >= 4 is 19.6 Å². The third-order valence-corrected chi connectivity index (χ3v) is 5.60. The lowest BCUT2D eigenvalue weighted by atomic mass is 10.3. The van der Waals surface area contributed by atoms with Gasteiger partial charge in [-0.15, -0.1) is 0 Å². The summed E-state index contributed by atoms with van der Waals surface area (Å²) in [5.41, 5.74) is 5.71. The summed E-state index contributed by atoms with van der Waals surface area (Å²) < 4.78 is 26.8. The number of carbonyl (C=O) groups is 2. The Hall–Kier alpha value is -1.15. The van der Waals surface area contributed by atoms with Gasteiger partial charge in [-0.1, -0.05) is 13.3 Å². The van der Waals surface area contributed by atoms with Crippen LogP contribution in [-0.2, 0) is 23.1 Å². The summed E-state index contributed by atoms with van der Waals surface area (Å²) >= 11 is 0. The van der Waals surface area contributed by atoms with Gasteiger partial charge in [0.05, 0.1) is 6.61 Å². The zero-order valence-electron chi connectivity index (χ0n) is 13.9. The van der Waals surface area contributed by atoms with Gasteiger partial charge < -0.3 is 29.3 Å². The lowest BCUT2D eigenvalue weighted by Crippen LogP contribution is -2.54. The lowest BCUT2D eigenvalue weighted by molar-refractivity contribution is -0.132. The van der Waals surface area contributed by atoms with Crippen molar-refractivity contribution in [2.45, 2.75) is 25.5 Å². The molecular weight excluding hydrogens is 325 g/mol. The molecular formula is C13H26N3O6P. The number of unbranched alkanes of at least 4 members (excludes halogenated alkanes) is 1. The van der Waals surface area contributed by atoms with Gasteiger partial charge in [-0.25, -0.2) is 4.79 Å². The molecule has 0 aliphatic carbocycles. The van der Waals surface area contributed by atoms with Gasteiger partial charge in [0.2, 0.25) is 0 Å². The number of hydrogen-bond acceptors (Lipinski definition) is 7. The van der Waals surface area contributed by atoms with Crippen LogP contribution in [0.4, 0.5) is 4.79 Å². The molecule has 134 valence electrons. The topological polar surface area (TPSA) is 111 Å². The monoisotopic (exact) mass is 351 g/mol. The van der Waals surface area contributed by atoms with Crippen LogP contribution in [0.2, 0.25) is 0 Å². The minimum absolute atomic E-state index is 0.294. The SMILES string of the molecule is CCCCOC(=O)N1CCN(C(=O)[C@@H](N)P(=O)(OC)OC)CC1. The Morgan fingerprint density at radius 3 is 2.13 bits per heavy atom. The number of ether oxygens (including phenoxy) is 1. The smallest absolute Gasteiger partial charge is 0.409 e. The first-order valence-corrected chi connectivity index (χ1v) is 9.18. The minimum Gasteiger partial charge on any atom is -0.449 e. The molecule has 23 heavy (non-hydrogen) atoms. The Kier molecular flexibility index (Phi) is 7.98. The molecule has 1 fully saturated rings. The van der Waals surface area contributed by atoms with E-state index in [2.05, 4.69) is 0 Å². The molecule has 0 aromatic carbocycles. The Labute approximate surface area is 136 Å². The number of piperazine rings is 1. The van der Waals surface area contributed by atoms with Gasteiger partial charge in [0.15, 0.2) is 5.78 Å². The maximum absolute atomic E-state index is 12.3. The summed E-state index contributed by atoms with van der Waals surface area (Å²) in [5.74, 6) is -1.89. The van der Waals surface area contributed by atoms with E-state index in [1.165, 1.54) is 24.0 Å². The summed E-state index contributed by atoms with van der Waals surface area (Å²) in [5, 5.41) is 0. The van der Waals surface area contributed by atoms with E-state index in [0.717, 1.165) is 12.8 Å². The van der Waals surface area contributed by atoms with Gasteiger partial charge in [0, 0.05) is 40.4 Å². The number of nitrogens with zero attached hydrogens (tertiary/aromatic N) is 2. The van der Waals surface area contributed by atoms with Gasteiger partial charge in [0.25, 0.3) is 5.91 Å². The molecule has 0 radical (unpaired) electrons. The van der Waals surface area contributed by atoms with Crippen molar-refractivity contribution in [2.75, 3.05) is 47.0 Å². The molecule has 9 nitrogen and oxygen atoms in total. The molecule has 2 amide bonds. The number of amides is 2. The second-order valence-corrected chi connectivity index (χ2v) is 7.50. The van der Waals surface area contributed by atoms with Crippen LogP contribution in [-0.4, -0.2) is 74.6 Å². The van der Waals surface area contributed by atoms with Crippen molar-refractivity contribution in [1.29, 1.82) is 0 Å². The molecule has 0 bridgehead atoms. The Morgan fingerprint density at radius 1 is 1.13 bits per heavy atom.